The van der Waals surface area contributed by atoms with Crippen LogP contribution in [0.3, 0.4) is 0 Å². The van der Waals surface area contributed by atoms with E-state index < -0.39 is 0 Å². The molecule has 0 atom stereocenters. The Morgan fingerprint density at radius 3 is 2.39 bits per heavy atom. The monoisotopic (exact) mass is 409 g/mol. The molecule has 0 radical (unpaired) electrons. The summed E-state index contributed by atoms with van der Waals surface area (Å²) in [6.07, 6.45) is 8.59. The third-order valence-electron chi connectivity index (χ3n) is 5.28. The van der Waals surface area contributed by atoms with Crippen LogP contribution >= 0.6 is 24.0 Å². The fourth-order valence-corrected chi connectivity index (χ4v) is 4.77. The van der Waals surface area contributed by atoms with Crippen molar-refractivity contribution < 1.29 is 9.53 Å². The smallest absolute Gasteiger partial charge is 0.263 e. The van der Waals surface area contributed by atoms with E-state index in [1.54, 1.807) is 0 Å². The molecule has 3 nitrogen and oxygen atoms in total. The summed E-state index contributed by atoms with van der Waals surface area (Å²) in [6.45, 7) is 0.553. The van der Waals surface area contributed by atoms with Crippen LogP contribution in [0.15, 0.2) is 53.4 Å². The van der Waals surface area contributed by atoms with Gasteiger partial charge < -0.3 is 10.1 Å². The van der Waals surface area contributed by atoms with Crippen molar-refractivity contribution in [3.8, 4) is 5.75 Å². The predicted molar refractivity (Wildman–Crippen MR) is 119 cm³/mol. The topological polar surface area (TPSA) is 38.3 Å². The fraction of sp³-hybridized carbons (Fsp3) is 0.304. The predicted octanol–water partition coefficient (Wildman–Crippen LogP) is 5.80. The number of hydrogen-bond donors (Lipinski definition) is 1. The van der Waals surface area contributed by atoms with Crippen LogP contribution in [0.2, 0.25) is 0 Å². The third kappa shape index (κ3) is 4.83. The first-order valence-electron chi connectivity index (χ1n) is 9.74. The lowest BCUT2D eigenvalue weighted by Gasteiger charge is -2.22. The van der Waals surface area contributed by atoms with Gasteiger partial charge >= 0.3 is 0 Å². The molecule has 2 aromatic rings. The molecule has 5 heteroatoms. The fourth-order valence-electron chi connectivity index (χ4n) is 3.72. The second-order valence-corrected chi connectivity index (χ2v) is 9.01. The summed E-state index contributed by atoms with van der Waals surface area (Å²) in [6, 6.07) is 16.6. The lowest BCUT2D eigenvalue weighted by molar-refractivity contribution is -0.115. The van der Waals surface area contributed by atoms with Gasteiger partial charge in [-0.25, -0.2) is 0 Å². The summed E-state index contributed by atoms with van der Waals surface area (Å²) >= 11 is 6.30. The van der Waals surface area contributed by atoms with Crippen molar-refractivity contribution in [2.24, 2.45) is 0 Å². The summed E-state index contributed by atoms with van der Waals surface area (Å²) < 4.78 is 6.42. The van der Waals surface area contributed by atoms with Crippen LogP contribution in [0.25, 0.3) is 6.08 Å². The Kier molecular flexibility index (Phi) is 6.13. The van der Waals surface area contributed by atoms with Crippen LogP contribution < -0.4 is 10.1 Å². The zero-order chi connectivity index (χ0) is 19.3. The standard InChI is InChI=1S/C23H23NO2S2/c25-22-21(28-23(27)24-22)14-16-8-12-20(13-9-16)26-15-17-6-10-19(11-7-17)18-4-2-1-3-5-18/h6-14,18H,1-5,15H2,(H,24,25,27)/b21-14-. The van der Waals surface area contributed by atoms with Gasteiger partial charge in [0, 0.05) is 0 Å². The van der Waals surface area contributed by atoms with Gasteiger partial charge in [-0.05, 0) is 53.7 Å². The molecule has 2 aliphatic rings. The number of thiocarbonyl (C=S) groups is 1. The quantitative estimate of drug-likeness (QED) is 0.500. The first kappa shape index (κ1) is 19.2. The van der Waals surface area contributed by atoms with E-state index in [-0.39, 0.29) is 5.91 Å². The number of rotatable bonds is 5. The molecule has 1 saturated carbocycles. The van der Waals surface area contributed by atoms with Crippen molar-refractivity contribution in [3.05, 3.63) is 70.1 Å². The second kappa shape index (κ2) is 8.93. The number of nitrogens with one attached hydrogen (secondary N) is 1. The largest absolute Gasteiger partial charge is 0.489 e. The summed E-state index contributed by atoms with van der Waals surface area (Å²) in [5.41, 5.74) is 3.60. The van der Waals surface area contributed by atoms with Gasteiger partial charge in [-0.15, -0.1) is 0 Å². The highest BCUT2D eigenvalue weighted by Crippen LogP contribution is 2.32. The highest BCUT2D eigenvalue weighted by atomic mass is 32.2. The van der Waals surface area contributed by atoms with Crippen molar-refractivity contribution >= 4 is 40.3 Å². The normalized spacial score (nSPS) is 19.1. The van der Waals surface area contributed by atoms with Crippen molar-refractivity contribution in [1.82, 2.24) is 5.32 Å². The average molecular weight is 410 g/mol. The first-order chi connectivity index (χ1) is 13.7. The number of thioether (sulfide) groups is 1. The number of carbonyl (C=O) groups excluding carboxylic acids is 1. The molecule has 1 N–H and O–H groups in total. The van der Waals surface area contributed by atoms with Crippen LogP contribution in [0, 0.1) is 0 Å². The minimum absolute atomic E-state index is 0.132. The lowest BCUT2D eigenvalue weighted by atomic mass is 9.84. The van der Waals surface area contributed by atoms with E-state index in [0.717, 1.165) is 17.2 Å². The molecule has 1 aliphatic heterocycles. The molecule has 1 heterocycles. The van der Waals surface area contributed by atoms with Crippen molar-refractivity contribution in [2.75, 3.05) is 0 Å². The summed E-state index contributed by atoms with van der Waals surface area (Å²) in [5, 5.41) is 2.62. The van der Waals surface area contributed by atoms with Crippen molar-refractivity contribution in [1.29, 1.82) is 0 Å². The lowest BCUT2D eigenvalue weighted by Crippen LogP contribution is -2.17. The van der Waals surface area contributed by atoms with E-state index in [1.165, 1.54) is 55.0 Å². The Hall–Kier alpha value is -2.11. The molecule has 2 fully saturated rings. The molecule has 0 bridgehead atoms. The minimum atomic E-state index is -0.132. The number of ether oxygens (including phenoxy) is 1. The summed E-state index contributed by atoms with van der Waals surface area (Å²) in [7, 11) is 0. The van der Waals surface area contributed by atoms with Crippen LogP contribution in [0.1, 0.15) is 54.7 Å². The van der Waals surface area contributed by atoms with E-state index in [2.05, 4.69) is 29.6 Å². The summed E-state index contributed by atoms with van der Waals surface area (Å²) in [5.74, 6) is 1.42. The van der Waals surface area contributed by atoms with Gasteiger partial charge in [-0.3, -0.25) is 4.79 Å². The zero-order valence-electron chi connectivity index (χ0n) is 15.6. The Bertz CT molecular complexity index is 882. The van der Waals surface area contributed by atoms with Crippen LogP contribution in [0.5, 0.6) is 5.75 Å². The Morgan fingerprint density at radius 2 is 1.75 bits per heavy atom. The van der Waals surface area contributed by atoms with E-state index in [4.69, 9.17) is 17.0 Å². The van der Waals surface area contributed by atoms with Gasteiger partial charge in [-0.2, -0.15) is 0 Å². The molecule has 1 saturated heterocycles. The second-order valence-electron chi connectivity index (χ2n) is 7.29. The van der Waals surface area contributed by atoms with E-state index >= 15 is 0 Å². The number of amides is 1. The molecule has 0 aromatic heterocycles. The number of carbonyl (C=O) groups is 1. The maximum absolute atomic E-state index is 11.7. The van der Waals surface area contributed by atoms with Crippen molar-refractivity contribution in [2.45, 2.75) is 44.6 Å². The molecular weight excluding hydrogens is 386 g/mol. The van der Waals surface area contributed by atoms with Crippen LogP contribution in [-0.4, -0.2) is 10.2 Å². The van der Waals surface area contributed by atoms with Gasteiger partial charge in [0.25, 0.3) is 5.91 Å². The molecule has 2 aromatic carbocycles. The van der Waals surface area contributed by atoms with Gasteiger partial charge in [0.05, 0.1) is 4.91 Å². The van der Waals surface area contributed by atoms with Gasteiger partial charge in [-0.1, -0.05) is 79.6 Å². The molecule has 28 heavy (non-hydrogen) atoms. The SMILES string of the molecule is O=C1NC(=S)S/C1=C\c1ccc(OCc2ccc(C3CCCCC3)cc2)cc1. The molecule has 1 aliphatic carbocycles. The maximum Gasteiger partial charge on any atom is 0.263 e. The van der Waals surface area contributed by atoms with Gasteiger partial charge in [0.15, 0.2) is 0 Å². The first-order valence-corrected chi connectivity index (χ1v) is 11.0. The van der Waals surface area contributed by atoms with Crippen molar-refractivity contribution in [3.63, 3.8) is 0 Å². The van der Waals surface area contributed by atoms with E-state index in [1.807, 2.05) is 30.3 Å². The molecule has 0 spiro atoms. The average Bonchev–Trinajstić information content (AvgIpc) is 3.05. The highest BCUT2D eigenvalue weighted by molar-refractivity contribution is 8.26. The molecular formula is C23H23NO2S2. The number of hydrogen-bond acceptors (Lipinski definition) is 4. The molecule has 0 unspecified atom stereocenters. The summed E-state index contributed by atoms with van der Waals surface area (Å²) in [4.78, 5) is 12.3. The number of benzene rings is 2. The minimum Gasteiger partial charge on any atom is -0.489 e. The highest BCUT2D eigenvalue weighted by Gasteiger charge is 2.21. The zero-order valence-corrected chi connectivity index (χ0v) is 17.3. The van der Waals surface area contributed by atoms with Gasteiger partial charge in [0.1, 0.15) is 16.7 Å². The van der Waals surface area contributed by atoms with E-state index in [9.17, 15) is 4.79 Å². The Labute approximate surface area is 175 Å². The van der Waals surface area contributed by atoms with E-state index in [0.29, 0.717) is 15.8 Å². The van der Waals surface area contributed by atoms with Crippen LogP contribution in [0.4, 0.5) is 0 Å². The Morgan fingerprint density at radius 1 is 1.04 bits per heavy atom. The molecule has 4 rings (SSSR count). The maximum atomic E-state index is 11.7. The molecule has 144 valence electrons. The van der Waals surface area contributed by atoms with Crippen LogP contribution in [-0.2, 0) is 11.4 Å². The molecule has 1 amide bonds. The Balaban J connectivity index is 1.33. The third-order valence-corrected chi connectivity index (χ3v) is 6.44. The van der Waals surface area contributed by atoms with Gasteiger partial charge in [0.2, 0.25) is 0 Å².